The highest BCUT2D eigenvalue weighted by atomic mass is 35.5. The van der Waals surface area contributed by atoms with Crippen LogP contribution in [0.4, 0.5) is 5.69 Å². The Hall–Kier alpha value is -1.72. The zero-order chi connectivity index (χ0) is 14.8. The minimum Gasteiger partial charge on any atom is -0.489 e. The molecule has 0 saturated carbocycles. The molecule has 0 bridgehead atoms. The monoisotopic (exact) mass is 311 g/mol. The number of nitrogen functional groups attached to an aromatic ring is 1. The van der Waals surface area contributed by atoms with Crippen LogP contribution in [0.25, 0.3) is 0 Å². The lowest BCUT2D eigenvalue weighted by Gasteiger charge is -2.09. The molecule has 2 aromatic carbocycles. The lowest BCUT2D eigenvalue weighted by atomic mass is 10.2. The van der Waals surface area contributed by atoms with Gasteiger partial charge in [-0.15, -0.1) is 0 Å². The van der Waals surface area contributed by atoms with Gasteiger partial charge in [-0.25, -0.2) is 8.42 Å². The molecule has 0 heterocycles. The molecule has 2 aromatic rings. The Morgan fingerprint density at radius 2 is 1.95 bits per heavy atom. The predicted octanol–water partition coefficient (Wildman–Crippen LogP) is 2.90. The van der Waals surface area contributed by atoms with Crippen LogP contribution in [0.2, 0.25) is 5.02 Å². The van der Waals surface area contributed by atoms with Crippen molar-refractivity contribution in [3.05, 3.63) is 53.1 Å². The van der Waals surface area contributed by atoms with Gasteiger partial charge in [0.1, 0.15) is 12.4 Å². The van der Waals surface area contributed by atoms with Gasteiger partial charge in [-0.1, -0.05) is 23.7 Å². The van der Waals surface area contributed by atoms with Crippen LogP contribution in [0.3, 0.4) is 0 Å². The topological polar surface area (TPSA) is 69.4 Å². The van der Waals surface area contributed by atoms with Gasteiger partial charge in [-0.2, -0.15) is 0 Å². The van der Waals surface area contributed by atoms with Gasteiger partial charge in [0.25, 0.3) is 0 Å². The molecule has 0 atom stereocenters. The van der Waals surface area contributed by atoms with Crippen molar-refractivity contribution in [2.24, 2.45) is 0 Å². The van der Waals surface area contributed by atoms with E-state index < -0.39 is 9.84 Å². The normalized spacial score (nSPS) is 11.3. The van der Waals surface area contributed by atoms with E-state index in [0.29, 0.717) is 16.5 Å². The molecule has 20 heavy (non-hydrogen) atoms. The van der Waals surface area contributed by atoms with Gasteiger partial charge in [0.15, 0.2) is 9.84 Å². The van der Waals surface area contributed by atoms with Gasteiger partial charge in [0, 0.05) is 22.5 Å². The highest BCUT2D eigenvalue weighted by Crippen LogP contribution is 2.22. The molecule has 2 N–H and O–H groups in total. The third-order valence-corrected chi connectivity index (χ3v) is 4.17. The summed E-state index contributed by atoms with van der Waals surface area (Å²) in [6.45, 7) is 0.242. The number of benzene rings is 2. The molecular weight excluding hydrogens is 298 g/mol. The minimum absolute atomic E-state index is 0.221. The molecule has 0 aliphatic carbocycles. The van der Waals surface area contributed by atoms with Crippen molar-refractivity contribution in [3.8, 4) is 5.75 Å². The molecule has 2 rings (SSSR count). The van der Waals surface area contributed by atoms with E-state index >= 15 is 0 Å². The number of ether oxygens (including phenoxy) is 1. The van der Waals surface area contributed by atoms with Crippen LogP contribution in [0.5, 0.6) is 5.75 Å². The Balaban J connectivity index is 2.15. The van der Waals surface area contributed by atoms with Crippen LogP contribution in [0.1, 0.15) is 5.56 Å². The molecule has 6 heteroatoms. The van der Waals surface area contributed by atoms with Crippen molar-refractivity contribution in [2.45, 2.75) is 11.5 Å². The van der Waals surface area contributed by atoms with E-state index in [1.54, 1.807) is 30.3 Å². The number of hydrogen-bond donors (Lipinski definition) is 1. The number of halogens is 1. The van der Waals surface area contributed by atoms with Crippen LogP contribution >= 0.6 is 11.6 Å². The van der Waals surface area contributed by atoms with Crippen LogP contribution < -0.4 is 10.5 Å². The Bertz CT molecular complexity index is 729. The van der Waals surface area contributed by atoms with Crippen molar-refractivity contribution in [1.82, 2.24) is 0 Å². The molecule has 0 unspecified atom stereocenters. The van der Waals surface area contributed by atoms with E-state index in [2.05, 4.69) is 0 Å². The summed E-state index contributed by atoms with van der Waals surface area (Å²) in [7, 11) is -3.24. The third kappa shape index (κ3) is 3.65. The van der Waals surface area contributed by atoms with E-state index in [4.69, 9.17) is 22.1 Å². The van der Waals surface area contributed by atoms with Gasteiger partial charge in [-0.05, 0) is 30.3 Å². The standard InChI is InChI=1S/C14H14ClNO3S/c1-20(17,18)13-4-2-3-12(8-13)19-9-10-5-6-11(16)7-14(10)15/h2-8H,9,16H2,1H3. The van der Waals surface area contributed by atoms with E-state index in [1.807, 2.05) is 0 Å². The van der Waals surface area contributed by atoms with E-state index in [1.165, 1.54) is 12.1 Å². The first-order valence-corrected chi connectivity index (χ1v) is 8.10. The summed E-state index contributed by atoms with van der Waals surface area (Å²) in [5, 5.41) is 0.518. The van der Waals surface area contributed by atoms with Crippen LogP contribution in [0, 0.1) is 0 Å². The summed E-state index contributed by atoms with van der Waals surface area (Å²) in [5.41, 5.74) is 6.97. The van der Waals surface area contributed by atoms with Gasteiger partial charge < -0.3 is 10.5 Å². The largest absolute Gasteiger partial charge is 0.489 e. The van der Waals surface area contributed by atoms with Crippen molar-refractivity contribution in [3.63, 3.8) is 0 Å². The van der Waals surface area contributed by atoms with Gasteiger partial charge in [0.2, 0.25) is 0 Å². The van der Waals surface area contributed by atoms with Crippen molar-refractivity contribution in [1.29, 1.82) is 0 Å². The average molecular weight is 312 g/mol. The molecule has 0 aliphatic rings. The summed E-state index contributed by atoms with van der Waals surface area (Å²) >= 11 is 6.04. The second-order valence-electron chi connectivity index (χ2n) is 4.39. The minimum atomic E-state index is -3.24. The van der Waals surface area contributed by atoms with Crippen LogP contribution in [-0.4, -0.2) is 14.7 Å². The zero-order valence-corrected chi connectivity index (χ0v) is 12.4. The number of sulfone groups is 1. The fraction of sp³-hybridized carbons (Fsp3) is 0.143. The van der Waals surface area contributed by atoms with E-state index in [9.17, 15) is 8.42 Å². The highest BCUT2D eigenvalue weighted by Gasteiger charge is 2.08. The maximum atomic E-state index is 11.5. The second kappa shape index (κ2) is 5.73. The third-order valence-electron chi connectivity index (χ3n) is 2.71. The summed E-state index contributed by atoms with van der Waals surface area (Å²) < 4.78 is 28.5. The molecule has 0 aromatic heterocycles. The summed E-state index contributed by atoms with van der Waals surface area (Å²) in [6.07, 6.45) is 1.16. The van der Waals surface area contributed by atoms with Crippen LogP contribution in [0.15, 0.2) is 47.4 Å². The Kier molecular flexibility index (Phi) is 4.20. The van der Waals surface area contributed by atoms with Gasteiger partial charge in [-0.3, -0.25) is 0 Å². The van der Waals surface area contributed by atoms with E-state index in [-0.39, 0.29) is 11.5 Å². The van der Waals surface area contributed by atoms with Crippen molar-refractivity contribution in [2.75, 3.05) is 12.0 Å². The Labute approximate surface area is 123 Å². The zero-order valence-electron chi connectivity index (χ0n) is 10.8. The Morgan fingerprint density at radius 3 is 2.60 bits per heavy atom. The Morgan fingerprint density at radius 1 is 1.20 bits per heavy atom. The van der Waals surface area contributed by atoms with Gasteiger partial charge >= 0.3 is 0 Å². The van der Waals surface area contributed by atoms with Crippen molar-refractivity contribution < 1.29 is 13.2 Å². The second-order valence-corrected chi connectivity index (χ2v) is 6.81. The molecular formula is C14H14ClNO3S. The molecule has 4 nitrogen and oxygen atoms in total. The number of nitrogens with two attached hydrogens (primary N) is 1. The molecule has 0 spiro atoms. The molecule has 106 valence electrons. The first kappa shape index (κ1) is 14.7. The number of hydrogen-bond acceptors (Lipinski definition) is 4. The lowest BCUT2D eigenvalue weighted by Crippen LogP contribution is -2.00. The quantitative estimate of drug-likeness (QED) is 0.881. The maximum absolute atomic E-state index is 11.5. The maximum Gasteiger partial charge on any atom is 0.175 e. The summed E-state index contributed by atoms with van der Waals surface area (Å²) in [5.74, 6) is 0.473. The lowest BCUT2D eigenvalue weighted by molar-refractivity contribution is 0.305. The predicted molar refractivity (Wildman–Crippen MR) is 79.7 cm³/mol. The average Bonchev–Trinajstić information content (AvgIpc) is 2.37. The van der Waals surface area contributed by atoms with Crippen LogP contribution in [-0.2, 0) is 16.4 Å². The number of rotatable bonds is 4. The highest BCUT2D eigenvalue weighted by molar-refractivity contribution is 7.90. The summed E-state index contributed by atoms with van der Waals surface area (Å²) in [6, 6.07) is 11.5. The SMILES string of the molecule is CS(=O)(=O)c1cccc(OCc2ccc(N)cc2Cl)c1. The molecule has 0 fully saturated rings. The van der Waals surface area contributed by atoms with E-state index in [0.717, 1.165) is 11.8 Å². The molecule has 0 aliphatic heterocycles. The molecule has 0 radical (unpaired) electrons. The number of anilines is 1. The first-order valence-electron chi connectivity index (χ1n) is 5.83. The first-order chi connectivity index (χ1) is 9.36. The molecule has 0 saturated heterocycles. The fourth-order valence-corrected chi connectivity index (χ4v) is 2.54. The summed E-state index contributed by atoms with van der Waals surface area (Å²) in [4.78, 5) is 0.221. The van der Waals surface area contributed by atoms with Gasteiger partial charge in [0.05, 0.1) is 4.90 Å². The van der Waals surface area contributed by atoms with Crippen molar-refractivity contribution >= 4 is 27.1 Å². The smallest absolute Gasteiger partial charge is 0.175 e. The fourth-order valence-electron chi connectivity index (χ4n) is 1.64. The molecule has 0 amide bonds.